The molecule has 22 heavy (non-hydrogen) atoms. The number of rotatable bonds is 6. The number of hydrogen-bond donors (Lipinski definition) is 1. The molecule has 2 aromatic rings. The molecule has 5 heteroatoms. The summed E-state index contributed by atoms with van der Waals surface area (Å²) in [6, 6.07) is 8.04. The van der Waals surface area contributed by atoms with Crippen molar-refractivity contribution in [1.29, 1.82) is 0 Å². The van der Waals surface area contributed by atoms with Crippen LogP contribution in [0.1, 0.15) is 38.0 Å². The normalized spacial score (nSPS) is 12.0. The van der Waals surface area contributed by atoms with Gasteiger partial charge in [-0.25, -0.2) is 0 Å². The zero-order valence-electron chi connectivity index (χ0n) is 13.5. The summed E-state index contributed by atoms with van der Waals surface area (Å²) >= 11 is 0. The standard InChI is InChI=1S/C17H24N2O2.ClH/c1-4-15-14(13-7-5-6-8-16(13)21-15)11-19(3)17(20)10-9-12(2)18;/h5-8,12H,4,9-11,18H2,1-3H3;1H. The maximum absolute atomic E-state index is 12.1. The minimum Gasteiger partial charge on any atom is -0.461 e. The highest BCUT2D eigenvalue weighted by molar-refractivity contribution is 5.85. The van der Waals surface area contributed by atoms with Gasteiger partial charge in [-0.3, -0.25) is 4.79 Å². The second kappa shape index (κ2) is 8.20. The van der Waals surface area contributed by atoms with Crippen molar-refractivity contribution in [3.8, 4) is 0 Å². The molecule has 0 saturated carbocycles. The van der Waals surface area contributed by atoms with Crippen molar-refractivity contribution in [2.24, 2.45) is 5.73 Å². The Kier molecular flexibility index (Phi) is 6.91. The lowest BCUT2D eigenvalue weighted by Gasteiger charge is -2.18. The van der Waals surface area contributed by atoms with E-state index >= 15 is 0 Å². The monoisotopic (exact) mass is 324 g/mol. The van der Waals surface area contributed by atoms with Crippen molar-refractivity contribution in [2.45, 2.75) is 45.7 Å². The third-order valence-electron chi connectivity index (χ3n) is 3.74. The van der Waals surface area contributed by atoms with E-state index in [4.69, 9.17) is 10.2 Å². The predicted octanol–water partition coefficient (Wildman–Crippen LogP) is 3.50. The molecule has 1 unspecified atom stereocenters. The molecule has 0 saturated heterocycles. The van der Waals surface area contributed by atoms with E-state index in [2.05, 4.69) is 6.92 Å². The van der Waals surface area contributed by atoms with Crippen LogP contribution in [0.15, 0.2) is 28.7 Å². The number of amides is 1. The largest absolute Gasteiger partial charge is 0.461 e. The number of halogens is 1. The van der Waals surface area contributed by atoms with Crippen LogP contribution in [0.4, 0.5) is 0 Å². The van der Waals surface area contributed by atoms with Gasteiger partial charge in [0.15, 0.2) is 0 Å². The Morgan fingerprint density at radius 1 is 1.36 bits per heavy atom. The molecule has 2 rings (SSSR count). The third-order valence-corrected chi connectivity index (χ3v) is 3.74. The molecule has 2 N–H and O–H groups in total. The summed E-state index contributed by atoms with van der Waals surface area (Å²) in [5, 5.41) is 1.10. The first-order valence-corrected chi connectivity index (χ1v) is 7.51. The Labute approximate surface area is 138 Å². The van der Waals surface area contributed by atoms with Crippen LogP contribution in [0.2, 0.25) is 0 Å². The first kappa shape index (κ1) is 18.5. The van der Waals surface area contributed by atoms with Gasteiger partial charge in [0.2, 0.25) is 5.91 Å². The molecule has 0 aliphatic rings. The zero-order valence-corrected chi connectivity index (χ0v) is 14.3. The van der Waals surface area contributed by atoms with Gasteiger partial charge in [0.25, 0.3) is 0 Å². The number of carbonyl (C=O) groups is 1. The molecule has 0 spiro atoms. The number of para-hydroxylation sites is 1. The van der Waals surface area contributed by atoms with Crippen LogP contribution in [-0.2, 0) is 17.8 Å². The number of benzene rings is 1. The molecule has 122 valence electrons. The van der Waals surface area contributed by atoms with Crippen LogP contribution < -0.4 is 5.73 Å². The third kappa shape index (κ3) is 4.24. The zero-order chi connectivity index (χ0) is 15.4. The fraction of sp³-hybridized carbons (Fsp3) is 0.471. The van der Waals surface area contributed by atoms with E-state index in [9.17, 15) is 4.79 Å². The fourth-order valence-corrected chi connectivity index (χ4v) is 2.48. The van der Waals surface area contributed by atoms with Gasteiger partial charge in [-0.05, 0) is 19.4 Å². The van der Waals surface area contributed by atoms with E-state index in [0.29, 0.717) is 13.0 Å². The van der Waals surface area contributed by atoms with Crippen LogP contribution in [-0.4, -0.2) is 23.9 Å². The molecule has 0 aliphatic heterocycles. The van der Waals surface area contributed by atoms with Crippen molar-refractivity contribution < 1.29 is 9.21 Å². The lowest BCUT2D eigenvalue weighted by Crippen LogP contribution is -2.28. The summed E-state index contributed by atoms with van der Waals surface area (Å²) in [6.07, 6.45) is 2.03. The van der Waals surface area contributed by atoms with Crippen molar-refractivity contribution in [3.63, 3.8) is 0 Å². The molecule has 1 aromatic heterocycles. The van der Waals surface area contributed by atoms with Crippen LogP contribution in [0, 0.1) is 0 Å². The molecular weight excluding hydrogens is 300 g/mol. The summed E-state index contributed by atoms with van der Waals surface area (Å²) in [6.45, 7) is 4.57. The predicted molar refractivity (Wildman–Crippen MR) is 92.2 cm³/mol. The number of furan rings is 1. The average molecular weight is 325 g/mol. The van der Waals surface area contributed by atoms with Crippen molar-refractivity contribution >= 4 is 29.3 Å². The minimum atomic E-state index is 0. The van der Waals surface area contributed by atoms with Gasteiger partial charge in [0, 0.05) is 43.4 Å². The van der Waals surface area contributed by atoms with E-state index in [1.54, 1.807) is 4.90 Å². The summed E-state index contributed by atoms with van der Waals surface area (Å²) in [5.74, 6) is 1.09. The molecular formula is C17H25ClN2O2. The van der Waals surface area contributed by atoms with E-state index in [1.165, 1.54) is 0 Å². The smallest absolute Gasteiger partial charge is 0.222 e. The molecule has 1 aromatic carbocycles. The van der Waals surface area contributed by atoms with Gasteiger partial charge in [0.05, 0.1) is 0 Å². The topological polar surface area (TPSA) is 59.5 Å². The first-order valence-electron chi connectivity index (χ1n) is 7.51. The van der Waals surface area contributed by atoms with Crippen molar-refractivity contribution in [2.75, 3.05) is 7.05 Å². The molecule has 1 atom stereocenters. The van der Waals surface area contributed by atoms with Gasteiger partial charge >= 0.3 is 0 Å². The Bertz CT molecular complexity index is 622. The van der Waals surface area contributed by atoms with Crippen LogP contribution >= 0.6 is 12.4 Å². The average Bonchev–Trinajstić information content (AvgIpc) is 2.82. The number of nitrogens with zero attached hydrogens (tertiary/aromatic N) is 1. The molecule has 0 fully saturated rings. The lowest BCUT2D eigenvalue weighted by atomic mass is 10.1. The minimum absolute atomic E-state index is 0. The molecule has 1 heterocycles. The van der Waals surface area contributed by atoms with E-state index in [0.717, 1.165) is 35.1 Å². The summed E-state index contributed by atoms with van der Waals surface area (Å²) in [4.78, 5) is 13.9. The number of fused-ring (bicyclic) bond motifs is 1. The summed E-state index contributed by atoms with van der Waals surface area (Å²) in [5.41, 5.74) is 7.72. The van der Waals surface area contributed by atoms with Gasteiger partial charge in [-0.1, -0.05) is 25.1 Å². The van der Waals surface area contributed by atoms with E-state index in [-0.39, 0.29) is 24.4 Å². The lowest BCUT2D eigenvalue weighted by molar-refractivity contribution is -0.130. The molecule has 0 aliphatic carbocycles. The number of carbonyl (C=O) groups excluding carboxylic acids is 1. The van der Waals surface area contributed by atoms with Crippen LogP contribution in [0.5, 0.6) is 0 Å². The van der Waals surface area contributed by atoms with Gasteiger partial charge in [-0.2, -0.15) is 0 Å². The number of nitrogens with two attached hydrogens (primary N) is 1. The Balaban J connectivity index is 0.00000242. The summed E-state index contributed by atoms with van der Waals surface area (Å²) < 4.78 is 5.87. The maximum atomic E-state index is 12.1. The Morgan fingerprint density at radius 3 is 2.68 bits per heavy atom. The van der Waals surface area contributed by atoms with Gasteiger partial charge in [-0.15, -0.1) is 12.4 Å². The van der Waals surface area contributed by atoms with Crippen molar-refractivity contribution in [3.05, 3.63) is 35.6 Å². The molecule has 0 radical (unpaired) electrons. The highest BCUT2D eigenvalue weighted by atomic mass is 35.5. The molecule has 1 amide bonds. The number of aryl methyl sites for hydroxylation is 1. The summed E-state index contributed by atoms with van der Waals surface area (Å²) in [7, 11) is 1.84. The first-order chi connectivity index (χ1) is 10.0. The Hall–Kier alpha value is -1.52. The fourth-order valence-electron chi connectivity index (χ4n) is 2.48. The highest BCUT2D eigenvalue weighted by Crippen LogP contribution is 2.27. The molecule has 0 bridgehead atoms. The van der Waals surface area contributed by atoms with Crippen LogP contribution in [0.25, 0.3) is 11.0 Å². The van der Waals surface area contributed by atoms with Crippen LogP contribution in [0.3, 0.4) is 0 Å². The second-order valence-corrected chi connectivity index (χ2v) is 5.62. The SMILES string of the molecule is CCc1oc2ccccc2c1CN(C)C(=O)CCC(C)N.Cl. The second-order valence-electron chi connectivity index (χ2n) is 5.62. The molecule has 4 nitrogen and oxygen atoms in total. The maximum Gasteiger partial charge on any atom is 0.222 e. The van der Waals surface area contributed by atoms with Gasteiger partial charge in [0.1, 0.15) is 11.3 Å². The number of hydrogen-bond acceptors (Lipinski definition) is 3. The van der Waals surface area contributed by atoms with E-state index < -0.39 is 0 Å². The quantitative estimate of drug-likeness (QED) is 0.884. The van der Waals surface area contributed by atoms with Crippen molar-refractivity contribution in [1.82, 2.24) is 4.90 Å². The highest BCUT2D eigenvalue weighted by Gasteiger charge is 2.17. The Morgan fingerprint density at radius 2 is 2.05 bits per heavy atom. The van der Waals surface area contributed by atoms with Gasteiger partial charge < -0.3 is 15.1 Å². The van der Waals surface area contributed by atoms with E-state index in [1.807, 2.05) is 38.2 Å².